The van der Waals surface area contributed by atoms with E-state index in [9.17, 15) is 9.18 Å². The number of fused-ring (bicyclic) bond motifs is 1. The standard InChI is InChI=1S/C16H20FNO4/c17-11-3-4-15-13(8-11)14(5-7-22-15)18-16(19)10-20-9-12-2-1-6-21-12/h3-4,8,12,14H,1-2,5-7,9-10H2,(H,18,19)/t12-,14+/m0/s1. The second-order valence-electron chi connectivity index (χ2n) is 5.59. The second-order valence-corrected chi connectivity index (χ2v) is 5.59. The van der Waals surface area contributed by atoms with E-state index in [1.54, 1.807) is 6.07 Å². The zero-order chi connectivity index (χ0) is 15.4. The molecule has 0 spiro atoms. The zero-order valence-corrected chi connectivity index (χ0v) is 12.3. The Morgan fingerprint density at radius 2 is 2.27 bits per heavy atom. The molecule has 0 bridgehead atoms. The van der Waals surface area contributed by atoms with Crippen LogP contribution < -0.4 is 10.1 Å². The molecular weight excluding hydrogens is 289 g/mol. The van der Waals surface area contributed by atoms with E-state index >= 15 is 0 Å². The maximum absolute atomic E-state index is 13.4. The van der Waals surface area contributed by atoms with Crippen LogP contribution in [0.3, 0.4) is 0 Å². The van der Waals surface area contributed by atoms with Crippen LogP contribution in [-0.2, 0) is 14.3 Å². The molecule has 0 aliphatic carbocycles. The molecule has 120 valence electrons. The van der Waals surface area contributed by atoms with E-state index in [1.807, 2.05) is 0 Å². The molecule has 0 radical (unpaired) electrons. The van der Waals surface area contributed by atoms with E-state index in [2.05, 4.69) is 5.32 Å². The van der Waals surface area contributed by atoms with Gasteiger partial charge in [0.15, 0.2) is 0 Å². The Labute approximate surface area is 128 Å². The molecule has 0 aromatic heterocycles. The van der Waals surface area contributed by atoms with Crippen molar-refractivity contribution >= 4 is 5.91 Å². The summed E-state index contributed by atoms with van der Waals surface area (Å²) >= 11 is 0. The number of benzene rings is 1. The summed E-state index contributed by atoms with van der Waals surface area (Å²) in [4.78, 5) is 12.0. The Balaban J connectivity index is 1.50. The van der Waals surface area contributed by atoms with Crippen LogP contribution in [0, 0.1) is 5.82 Å². The van der Waals surface area contributed by atoms with E-state index in [0.717, 1.165) is 19.4 Å². The molecule has 2 aliphatic rings. The average Bonchev–Trinajstić information content (AvgIpc) is 3.01. The quantitative estimate of drug-likeness (QED) is 0.903. The van der Waals surface area contributed by atoms with Crippen molar-refractivity contribution in [2.45, 2.75) is 31.4 Å². The van der Waals surface area contributed by atoms with Crippen molar-refractivity contribution in [1.82, 2.24) is 5.32 Å². The molecule has 5 nitrogen and oxygen atoms in total. The number of nitrogens with one attached hydrogen (secondary N) is 1. The summed E-state index contributed by atoms with van der Waals surface area (Å²) in [6.07, 6.45) is 2.75. The van der Waals surface area contributed by atoms with Gasteiger partial charge in [0.05, 0.1) is 25.4 Å². The maximum atomic E-state index is 13.4. The molecule has 2 aliphatic heterocycles. The molecule has 6 heteroatoms. The molecule has 2 heterocycles. The van der Waals surface area contributed by atoms with Gasteiger partial charge in [-0.05, 0) is 31.0 Å². The van der Waals surface area contributed by atoms with Gasteiger partial charge in [0.2, 0.25) is 5.91 Å². The molecule has 0 saturated carbocycles. The van der Waals surface area contributed by atoms with Crippen LogP contribution in [0.1, 0.15) is 30.9 Å². The first kappa shape index (κ1) is 15.2. The highest BCUT2D eigenvalue weighted by Gasteiger charge is 2.24. The fourth-order valence-electron chi connectivity index (χ4n) is 2.81. The minimum absolute atomic E-state index is 0.0120. The van der Waals surface area contributed by atoms with Crippen molar-refractivity contribution in [2.75, 3.05) is 26.4 Å². The summed E-state index contributed by atoms with van der Waals surface area (Å²) in [5.74, 6) is 0.0801. The van der Waals surface area contributed by atoms with Gasteiger partial charge in [0.25, 0.3) is 0 Å². The number of halogens is 1. The van der Waals surface area contributed by atoms with Crippen LogP contribution in [0.4, 0.5) is 4.39 Å². The Hall–Kier alpha value is -1.66. The summed E-state index contributed by atoms with van der Waals surface area (Å²) in [5.41, 5.74) is 0.679. The number of carbonyl (C=O) groups is 1. The van der Waals surface area contributed by atoms with E-state index in [-0.39, 0.29) is 30.5 Å². The first-order valence-corrected chi connectivity index (χ1v) is 7.63. The first-order valence-electron chi connectivity index (χ1n) is 7.63. The number of amides is 1. The van der Waals surface area contributed by atoms with Crippen LogP contribution in [0.2, 0.25) is 0 Å². The topological polar surface area (TPSA) is 56.8 Å². The van der Waals surface area contributed by atoms with Crippen LogP contribution >= 0.6 is 0 Å². The van der Waals surface area contributed by atoms with Crippen molar-refractivity contribution in [1.29, 1.82) is 0 Å². The van der Waals surface area contributed by atoms with E-state index in [0.29, 0.717) is 30.9 Å². The van der Waals surface area contributed by atoms with Crippen LogP contribution in [0.15, 0.2) is 18.2 Å². The molecule has 1 aromatic rings. The van der Waals surface area contributed by atoms with Crippen LogP contribution in [-0.4, -0.2) is 38.4 Å². The molecule has 1 fully saturated rings. The molecule has 22 heavy (non-hydrogen) atoms. The average molecular weight is 309 g/mol. The lowest BCUT2D eigenvalue weighted by Gasteiger charge is -2.26. The van der Waals surface area contributed by atoms with Gasteiger partial charge in [0, 0.05) is 18.6 Å². The number of hydrogen-bond donors (Lipinski definition) is 1. The van der Waals surface area contributed by atoms with Gasteiger partial charge in [-0.15, -0.1) is 0 Å². The third kappa shape index (κ3) is 3.75. The molecule has 2 atom stereocenters. The predicted octanol–water partition coefficient (Wildman–Crippen LogP) is 1.96. The van der Waals surface area contributed by atoms with Crippen molar-refractivity contribution < 1.29 is 23.4 Å². The minimum Gasteiger partial charge on any atom is -0.493 e. The summed E-state index contributed by atoms with van der Waals surface area (Å²) in [5, 5.41) is 2.88. The lowest BCUT2D eigenvalue weighted by molar-refractivity contribution is -0.127. The summed E-state index contributed by atoms with van der Waals surface area (Å²) in [6, 6.07) is 4.12. The normalized spacial score (nSPS) is 23.7. The molecule has 1 amide bonds. The third-order valence-electron chi connectivity index (χ3n) is 3.91. The maximum Gasteiger partial charge on any atom is 0.246 e. The second kappa shape index (κ2) is 7.07. The lowest BCUT2D eigenvalue weighted by Crippen LogP contribution is -2.35. The number of carbonyl (C=O) groups excluding carboxylic acids is 1. The van der Waals surface area contributed by atoms with Crippen molar-refractivity contribution in [3.63, 3.8) is 0 Å². The molecule has 1 saturated heterocycles. The lowest BCUT2D eigenvalue weighted by atomic mass is 10.0. The molecule has 1 N–H and O–H groups in total. The van der Waals surface area contributed by atoms with Crippen molar-refractivity contribution in [2.24, 2.45) is 0 Å². The predicted molar refractivity (Wildman–Crippen MR) is 77.2 cm³/mol. The van der Waals surface area contributed by atoms with E-state index in [4.69, 9.17) is 14.2 Å². The smallest absolute Gasteiger partial charge is 0.246 e. The first-order chi connectivity index (χ1) is 10.7. The SMILES string of the molecule is O=C(COC[C@@H]1CCCO1)N[C@@H]1CCOc2ccc(F)cc21. The van der Waals surface area contributed by atoms with Gasteiger partial charge < -0.3 is 19.5 Å². The summed E-state index contributed by atoms with van der Waals surface area (Å²) in [6.45, 7) is 1.69. The Bertz CT molecular complexity index is 531. The Morgan fingerprint density at radius 1 is 1.36 bits per heavy atom. The minimum atomic E-state index is -0.335. The largest absolute Gasteiger partial charge is 0.493 e. The molecule has 3 rings (SSSR count). The van der Waals surface area contributed by atoms with E-state index < -0.39 is 0 Å². The summed E-state index contributed by atoms with van der Waals surface area (Å²) < 4.78 is 29.7. The van der Waals surface area contributed by atoms with Crippen molar-refractivity contribution in [3.8, 4) is 5.75 Å². The summed E-state index contributed by atoms with van der Waals surface area (Å²) in [7, 11) is 0. The highest BCUT2D eigenvalue weighted by molar-refractivity contribution is 5.77. The fraction of sp³-hybridized carbons (Fsp3) is 0.562. The van der Waals surface area contributed by atoms with E-state index in [1.165, 1.54) is 12.1 Å². The Kier molecular flexibility index (Phi) is 4.90. The zero-order valence-electron chi connectivity index (χ0n) is 12.3. The highest BCUT2D eigenvalue weighted by atomic mass is 19.1. The molecular formula is C16H20FNO4. The van der Waals surface area contributed by atoms with Gasteiger partial charge in [-0.3, -0.25) is 4.79 Å². The van der Waals surface area contributed by atoms with Crippen LogP contribution in [0.25, 0.3) is 0 Å². The van der Waals surface area contributed by atoms with Gasteiger partial charge in [0.1, 0.15) is 18.2 Å². The monoisotopic (exact) mass is 309 g/mol. The third-order valence-corrected chi connectivity index (χ3v) is 3.91. The van der Waals surface area contributed by atoms with Crippen LogP contribution in [0.5, 0.6) is 5.75 Å². The number of ether oxygens (including phenoxy) is 3. The van der Waals surface area contributed by atoms with Gasteiger partial charge in [-0.2, -0.15) is 0 Å². The fourth-order valence-corrected chi connectivity index (χ4v) is 2.81. The Morgan fingerprint density at radius 3 is 3.09 bits per heavy atom. The van der Waals surface area contributed by atoms with Gasteiger partial charge in [-0.25, -0.2) is 4.39 Å². The van der Waals surface area contributed by atoms with Crippen molar-refractivity contribution in [3.05, 3.63) is 29.6 Å². The highest BCUT2D eigenvalue weighted by Crippen LogP contribution is 2.32. The number of hydrogen-bond acceptors (Lipinski definition) is 4. The van der Waals surface area contributed by atoms with Gasteiger partial charge in [-0.1, -0.05) is 0 Å². The molecule has 0 unspecified atom stereocenters. The number of rotatable bonds is 5. The van der Waals surface area contributed by atoms with Gasteiger partial charge >= 0.3 is 0 Å². The molecule has 1 aromatic carbocycles.